The third-order valence-corrected chi connectivity index (χ3v) is 5.35. The summed E-state index contributed by atoms with van der Waals surface area (Å²) >= 11 is 0. The Labute approximate surface area is 160 Å². The maximum atomic E-state index is 5.67. The van der Waals surface area contributed by atoms with Crippen molar-refractivity contribution < 1.29 is 9.47 Å². The number of allylic oxidation sites excluding steroid dienone is 9. The van der Waals surface area contributed by atoms with E-state index in [1.165, 1.54) is 36.0 Å². The van der Waals surface area contributed by atoms with Crippen molar-refractivity contribution in [3.8, 4) is 0 Å². The Morgan fingerprint density at radius 2 is 2.00 bits per heavy atom. The summed E-state index contributed by atoms with van der Waals surface area (Å²) < 4.78 is 11.1. The molecule has 0 N–H and O–H groups in total. The zero-order chi connectivity index (χ0) is 19.0. The molecule has 1 unspecified atom stereocenters. The Hall–Kier alpha value is -1.38. The van der Waals surface area contributed by atoms with Gasteiger partial charge in [0, 0.05) is 13.0 Å². The Balaban J connectivity index is 1.85. The van der Waals surface area contributed by atoms with E-state index < -0.39 is 0 Å². The second-order valence-corrected chi connectivity index (χ2v) is 8.26. The molecule has 0 aromatic rings. The van der Waals surface area contributed by atoms with Gasteiger partial charge in [-0.1, -0.05) is 67.0 Å². The maximum absolute atomic E-state index is 5.67. The number of rotatable bonds is 7. The number of hydrogen-bond donors (Lipinski definition) is 0. The highest BCUT2D eigenvalue weighted by atomic mass is 16.7. The summed E-state index contributed by atoms with van der Waals surface area (Å²) in [6, 6.07) is 0. The lowest BCUT2D eigenvalue weighted by atomic mass is 9.72. The van der Waals surface area contributed by atoms with Gasteiger partial charge in [0.05, 0.1) is 6.61 Å². The van der Waals surface area contributed by atoms with E-state index in [-0.39, 0.29) is 6.29 Å². The lowest BCUT2D eigenvalue weighted by Gasteiger charge is -2.32. The van der Waals surface area contributed by atoms with E-state index in [4.69, 9.17) is 9.47 Å². The molecule has 0 aromatic heterocycles. The number of hydrogen-bond acceptors (Lipinski definition) is 2. The predicted molar refractivity (Wildman–Crippen MR) is 111 cm³/mol. The van der Waals surface area contributed by atoms with Crippen molar-refractivity contribution in [3.05, 3.63) is 58.7 Å². The quantitative estimate of drug-likeness (QED) is 0.474. The molecule has 0 amide bonds. The summed E-state index contributed by atoms with van der Waals surface area (Å²) in [5.74, 6) is 0. The molecule has 1 atom stereocenters. The van der Waals surface area contributed by atoms with Gasteiger partial charge in [-0.2, -0.15) is 0 Å². The average Bonchev–Trinajstić information content (AvgIpc) is 3.07. The predicted octanol–water partition coefficient (Wildman–Crippen LogP) is 6.67. The van der Waals surface area contributed by atoms with Gasteiger partial charge in [-0.3, -0.25) is 0 Å². The minimum absolute atomic E-state index is 0.00268. The lowest BCUT2D eigenvalue weighted by Crippen LogP contribution is -2.19. The van der Waals surface area contributed by atoms with E-state index in [2.05, 4.69) is 71.1 Å². The molecule has 144 valence electrons. The molecule has 0 aromatic carbocycles. The first kappa shape index (κ1) is 20.9. The first-order chi connectivity index (χ1) is 12.4. The van der Waals surface area contributed by atoms with Crippen LogP contribution in [0.15, 0.2) is 58.7 Å². The highest BCUT2D eigenvalue weighted by molar-refractivity contribution is 5.37. The van der Waals surface area contributed by atoms with Crippen LogP contribution < -0.4 is 0 Å². The van der Waals surface area contributed by atoms with Gasteiger partial charge in [0.15, 0.2) is 6.29 Å². The van der Waals surface area contributed by atoms with Gasteiger partial charge in [0.25, 0.3) is 0 Å². The van der Waals surface area contributed by atoms with Crippen molar-refractivity contribution in [3.63, 3.8) is 0 Å². The smallest absolute Gasteiger partial charge is 0.158 e. The van der Waals surface area contributed by atoms with E-state index in [0.29, 0.717) is 12.0 Å². The molecule has 2 heteroatoms. The molecule has 1 heterocycles. The van der Waals surface area contributed by atoms with E-state index in [9.17, 15) is 0 Å². The summed E-state index contributed by atoms with van der Waals surface area (Å²) in [5, 5.41) is 0. The van der Waals surface area contributed by atoms with Crippen LogP contribution in [0.1, 0.15) is 66.7 Å². The van der Waals surface area contributed by atoms with Crippen molar-refractivity contribution >= 4 is 0 Å². The molecule has 2 nitrogen and oxygen atoms in total. The molecule has 0 bridgehead atoms. The van der Waals surface area contributed by atoms with E-state index >= 15 is 0 Å². The Morgan fingerprint density at radius 3 is 2.69 bits per heavy atom. The van der Waals surface area contributed by atoms with Crippen LogP contribution in [0.4, 0.5) is 0 Å². The topological polar surface area (TPSA) is 18.5 Å². The molecule has 0 radical (unpaired) electrons. The molecule has 2 rings (SSSR count). The Morgan fingerprint density at radius 1 is 1.19 bits per heavy atom. The first-order valence-corrected chi connectivity index (χ1v) is 10.0. The van der Waals surface area contributed by atoms with Crippen molar-refractivity contribution in [2.24, 2.45) is 5.41 Å². The highest BCUT2D eigenvalue weighted by Crippen LogP contribution is 2.40. The fraction of sp³-hybridized carbons (Fsp3) is 0.583. The highest BCUT2D eigenvalue weighted by Gasteiger charge is 2.26. The third kappa shape index (κ3) is 6.74. The molecule has 0 saturated carbocycles. The van der Waals surface area contributed by atoms with Crippen LogP contribution in [-0.4, -0.2) is 19.5 Å². The molecule has 26 heavy (non-hydrogen) atoms. The van der Waals surface area contributed by atoms with Crippen LogP contribution in [0.5, 0.6) is 0 Å². The van der Waals surface area contributed by atoms with Crippen LogP contribution in [0.2, 0.25) is 0 Å². The molecule has 2 aliphatic rings. The Kier molecular flexibility index (Phi) is 8.12. The molecule has 1 fully saturated rings. The standard InChI is InChI=1S/C24H36O2/c1-19(13-14-22-21(3)11-7-16-24(22,4)5)9-6-10-20(2)15-18-26-23-12-8-17-25-23/h6,9-10,13-15,23H,7-8,11-12,16-18H2,1-5H3/b10-6-,14-13+,19-9+,20-15+. The second kappa shape index (κ2) is 10.1. The average molecular weight is 357 g/mol. The SMILES string of the molecule is CC1=C(/C=C/C(C)=C/C=C\C(C)=C\COC2CCCO2)C(C)(C)CCC1. The number of ether oxygens (including phenoxy) is 2. The Bertz CT molecular complexity index is 608. The van der Waals surface area contributed by atoms with Crippen LogP contribution in [0.3, 0.4) is 0 Å². The van der Waals surface area contributed by atoms with Crippen molar-refractivity contribution in [2.45, 2.75) is 73.0 Å². The van der Waals surface area contributed by atoms with Gasteiger partial charge in [-0.15, -0.1) is 0 Å². The van der Waals surface area contributed by atoms with Crippen LogP contribution in [0.25, 0.3) is 0 Å². The van der Waals surface area contributed by atoms with Crippen LogP contribution >= 0.6 is 0 Å². The molecule has 0 spiro atoms. The maximum Gasteiger partial charge on any atom is 0.158 e. The summed E-state index contributed by atoms with van der Waals surface area (Å²) in [5.41, 5.74) is 5.85. The minimum atomic E-state index is -0.00268. The minimum Gasteiger partial charge on any atom is -0.353 e. The molecule has 1 aliphatic heterocycles. The van der Waals surface area contributed by atoms with E-state index in [1.54, 1.807) is 5.57 Å². The first-order valence-electron chi connectivity index (χ1n) is 10.0. The van der Waals surface area contributed by atoms with Crippen molar-refractivity contribution in [1.29, 1.82) is 0 Å². The van der Waals surface area contributed by atoms with Crippen LogP contribution in [0, 0.1) is 5.41 Å². The van der Waals surface area contributed by atoms with Crippen molar-refractivity contribution in [1.82, 2.24) is 0 Å². The third-order valence-electron chi connectivity index (χ3n) is 5.35. The summed E-state index contributed by atoms with van der Waals surface area (Å²) in [6.07, 6.45) is 19.1. The van der Waals surface area contributed by atoms with Gasteiger partial charge in [0.2, 0.25) is 0 Å². The van der Waals surface area contributed by atoms with E-state index in [1.807, 2.05) is 0 Å². The molecular weight excluding hydrogens is 320 g/mol. The van der Waals surface area contributed by atoms with Gasteiger partial charge in [-0.25, -0.2) is 0 Å². The zero-order valence-corrected chi connectivity index (χ0v) is 17.3. The summed E-state index contributed by atoms with van der Waals surface area (Å²) in [7, 11) is 0. The van der Waals surface area contributed by atoms with Crippen LogP contribution in [-0.2, 0) is 9.47 Å². The second-order valence-electron chi connectivity index (χ2n) is 8.26. The fourth-order valence-corrected chi connectivity index (χ4v) is 3.67. The van der Waals surface area contributed by atoms with Gasteiger partial charge >= 0.3 is 0 Å². The van der Waals surface area contributed by atoms with Gasteiger partial charge in [0.1, 0.15) is 0 Å². The fourth-order valence-electron chi connectivity index (χ4n) is 3.67. The van der Waals surface area contributed by atoms with Gasteiger partial charge in [-0.05, 0) is 57.4 Å². The summed E-state index contributed by atoms with van der Waals surface area (Å²) in [6.45, 7) is 12.7. The molecule has 1 aliphatic carbocycles. The van der Waals surface area contributed by atoms with E-state index in [0.717, 1.165) is 19.4 Å². The zero-order valence-electron chi connectivity index (χ0n) is 17.3. The largest absolute Gasteiger partial charge is 0.353 e. The monoisotopic (exact) mass is 356 g/mol. The normalized spacial score (nSPS) is 25.0. The van der Waals surface area contributed by atoms with Crippen molar-refractivity contribution in [2.75, 3.05) is 13.2 Å². The molecular formula is C24H36O2. The molecule has 1 saturated heterocycles. The van der Waals surface area contributed by atoms with Gasteiger partial charge < -0.3 is 9.47 Å². The lowest BCUT2D eigenvalue weighted by molar-refractivity contribution is -0.101. The summed E-state index contributed by atoms with van der Waals surface area (Å²) in [4.78, 5) is 0.